The van der Waals surface area contributed by atoms with Gasteiger partial charge in [0.1, 0.15) is 5.82 Å². The predicted octanol–water partition coefficient (Wildman–Crippen LogP) is 1.82. The standard InChI is InChI=1S/C11H13BrFNO4S/c1-7(5-11(15)18-2)14-19(16,17)8-3-4-9(12)10(13)6-8/h3-4,6-7,14H,5H2,1-2H3. The number of carbonyl (C=O) groups excluding carboxylic acids is 1. The Bertz CT molecular complexity index is 576. The summed E-state index contributed by atoms with van der Waals surface area (Å²) < 4.78 is 44.0. The topological polar surface area (TPSA) is 72.5 Å². The minimum absolute atomic E-state index is 0.102. The Kier molecular flexibility index (Phi) is 5.45. The fourth-order valence-electron chi connectivity index (χ4n) is 1.35. The quantitative estimate of drug-likeness (QED) is 0.819. The zero-order valence-corrected chi connectivity index (χ0v) is 12.7. The van der Waals surface area contributed by atoms with Gasteiger partial charge in [0.15, 0.2) is 0 Å². The molecular formula is C11H13BrFNO4S. The summed E-state index contributed by atoms with van der Waals surface area (Å²) >= 11 is 2.94. The highest BCUT2D eigenvalue weighted by Gasteiger charge is 2.20. The molecule has 1 aromatic carbocycles. The first-order chi connectivity index (χ1) is 8.76. The first kappa shape index (κ1) is 16.1. The van der Waals surface area contributed by atoms with Gasteiger partial charge < -0.3 is 4.74 Å². The van der Waals surface area contributed by atoms with E-state index in [0.29, 0.717) is 0 Å². The highest BCUT2D eigenvalue weighted by Crippen LogP contribution is 2.19. The maximum absolute atomic E-state index is 13.3. The van der Waals surface area contributed by atoms with Crippen LogP contribution < -0.4 is 4.72 Å². The monoisotopic (exact) mass is 353 g/mol. The lowest BCUT2D eigenvalue weighted by Crippen LogP contribution is -2.34. The second-order valence-corrected chi connectivity index (χ2v) is 6.45. The molecule has 106 valence electrons. The van der Waals surface area contributed by atoms with E-state index in [0.717, 1.165) is 6.07 Å². The number of carbonyl (C=O) groups is 1. The normalized spacial score (nSPS) is 13.1. The van der Waals surface area contributed by atoms with Crippen LogP contribution in [0, 0.1) is 5.82 Å². The second kappa shape index (κ2) is 6.44. The molecule has 0 aliphatic heterocycles. The number of esters is 1. The first-order valence-corrected chi connectivity index (χ1v) is 7.58. The summed E-state index contributed by atoms with van der Waals surface area (Å²) in [6, 6.07) is 2.82. The Balaban J connectivity index is 2.86. The van der Waals surface area contributed by atoms with Gasteiger partial charge in [-0.2, -0.15) is 0 Å². The van der Waals surface area contributed by atoms with Crippen LogP contribution in [-0.4, -0.2) is 27.5 Å². The van der Waals surface area contributed by atoms with E-state index < -0.39 is 27.9 Å². The van der Waals surface area contributed by atoms with Crippen molar-refractivity contribution in [2.45, 2.75) is 24.3 Å². The number of rotatable bonds is 5. The van der Waals surface area contributed by atoms with Crippen molar-refractivity contribution in [1.29, 1.82) is 0 Å². The molecular weight excluding hydrogens is 341 g/mol. The molecule has 0 aliphatic rings. The van der Waals surface area contributed by atoms with Crippen LogP contribution in [0.5, 0.6) is 0 Å². The Hall–Kier alpha value is -0.990. The lowest BCUT2D eigenvalue weighted by molar-refractivity contribution is -0.140. The summed E-state index contributed by atoms with van der Waals surface area (Å²) in [6.45, 7) is 1.52. The van der Waals surface area contributed by atoms with Gasteiger partial charge in [-0.15, -0.1) is 0 Å². The highest BCUT2D eigenvalue weighted by molar-refractivity contribution is 9.10. The number of methoxy groups -OCH3 is 1. The molecule has 0 heterocycles. The minimum atomic E-state index is -3.87. The summed E-state index contributed by atoms with van der Waals surface area (Å²) in [6.07, 6.45) is -0.102. The van der Waals surface area contributed by atoms with Gasteiger partial charge in [-0.25, -0.2) is 17.5 Å². The molecule has 0 saturated carbocycles. The molecule has 0 fully saturated rings. The van der Waals surface area contributed by atoms with Gasteiger partial charge in [-0.3, -0.25) is 4.79 Å². The molecule has 0 spiro atoms. The number of sulfonamides is 1. The number of halogens is 2. The van der Waals surface area contributed by atoms with Crippen molar-refractivity contribution >= 4 is 31.9 Å². The molecule has 0 bridgehead atoms. The number of hydrogen-bond acceptors (Lipinski definition) is 4. The third-order valence-electron chi connectivity index (χ3n) is 2.26. The van der Waals surface area contributed by atoms with E-state index >= 15 is 0 Å². The zero-order valence-electron chi connectivity index (χ0n) is 10.3. The molecule has 1 atom stereocenters. The fourth-order valence-corrected chi connectivity index (χ4v) is 2.85. The van der Waals surface area contributed by atoms with Crippen LogP contribution in [0.25, 0.3) is 0 Å². The van der Waals surface area contributed by atoms with E-state index in [1.807, 2.05) is 0 Å². The van der Waals surface area contributed by atoms with Crippen LogP contribution in [0.4, 0.5) is 4.39 Å². The predicted molar refractivity (Wildman–Crippen MR) is 70.5 cm³/mol. The van der Waals surface area contributed by atoms with Crippen molar-refractivity contribution in [3.8, 4) is 0 Å². The van der Waals surface area contributed by atoms with E-state index in [-0.39, 0.29) is 15.8 Å². The van der Waals surface area contributed by atoms with Crippen LogP contribution in [0.1, 0.15) is 13.3 Å². The smallest absolute Gasteiger partial charge is 0.307 e. The lowest BCUT2D eigenvalue weighted by atomic mass is 10.3. The molecule has 1 unspecified atom stereocenters. The molecule has 0 radical (unpaired) electrons. The van der Waals surface area contributed by atoms with Gasteiger partial charge >= 0.3 is 5.97 Å². The molecule has 8 heteroatoms. The Morgan fingerprint density at radius 2 is 2.16 bits per heavy atom. The minimum Gasteiger partial charge on any atom is -0.469 e. The molecule has 0 aromatic heterocycles. The van der Waals surface area contributed by atoms with Crippen molar-refractivity contribution in [3.63, 3.8) is 0 Å². The van der Waals surface area contributed by atoms with Crippen LogP contribution in [0.2, 0.25) is 0 Å². The summed E-state index contributed by atoms with van der Waals surface area (Å²) in [5.74, 6) is -1.21. The van der Waals surface area contributed by atoms with Gasteiger partial charge in [-0.1, -0.05) is 0 Å². The second-order valence-electron chi connectivity index (χ2n) is 3.88. The summed E-state index contributed by atoms with van der Waals surface area (Å²) in [4.78, 5) is 10.8. The maximum atomic E-state index is 13.3. The van der Waals surface area contributed by atoms with Crippen molar-refractivity contribution in [2.75, 3.05) is 7.11 Å². The van der Waals surface area contributed by atoms with Crippen LogP contribution in [-0.2, 0) is 19.6 Å². The fraction of sp³-hybridized carbons (Fsp3) is 0.364. The van der Waals surface area contributed by atoms with Crippen molar-refractivity contribution in [1.82, 2.24) is 4.72 Å². The highest BCUT2D eigenvalue weighted by atomic mass is 79.9. The van der Waals surface area contributed by atoms with Crippen LogP contribution >= 0.6 is 15.9 Å². The summed E-state index contributed by atoms with van der Waals surface area (Å²) in [5.41, 5.74) is 0. The van der Waals surface area contributed by atoms with Gasteiger partial charge in [0, 0.05) is 6.04 Å². The van der Waals surface area contributed by atoms with Crippen molar-refractivity contribution in [3.05, 3.63) is 28.5 Å². The average molecular weight is 354 g/mol. The number of ether oxygens (including phenoxy) is 1. The molecule has 0 saturated heterocycles. The molecule has 0 amide bonds. The molecule has 19 heavy (non-hydrogen) atoms. The summed E-state index contributed by atoms with van der Waals surface area (Å²) in [5, 5.41) is 0. The number of benzene rings is 1. The van der Waals surface area contributed by atoms with Crippen LogP contribution in [0.15, 0.2) is 27.6 Å². The van der Waals surface area contributed by atoms with Gasteiger partial charge in [0.25, 0.3) is 0 Å². The molecule has 1 aromatic rings. The van der Waals surface area contributed by atoms with Gasteiger partial charge in [0.2, 0.25) is 10.0 Å². The zero-order chi connectivity index (χ0) is 14.6. The van der Waals surface area contributed by atoms with E-state index in [1.54, 1.807) is 0 Å². The Labute approximate surface area is 119 Å². The average Bonchev–Trinajstić information content (AvgIpc) is 2.31. The third-order valence-corrected chi connectivity index (χ3v) is 4.49. The van der Waals surface area contributed by atoms with E-state index in [2.05, 4.69) is 25.4 Å². The van der Waals surface area contributed by atoms with Crippen molar-refractivity contribution in [2.24, 2.45) is 0 Å². The molecule has 1 rings (SSSR count). The Morgan fingerprint density at radius 1 is 1.53 bits per heavy atom. The van der Waals surface area contributed by atoms with E-state index in [1.165, 1.54) is 26.2 Å². The Morgan fingerprint density at radius 3 is 2.68 bits per heavy atom. The van der Waals surface area contributed by atoms with E-state index in [9.17, 15) is 17.6 Å². The van der Waals surface area contributed by atoms with Crippen LogP contribution in [0.3, 0.4) is 0 Å². The van der Waals surface area contributed by atoms with Crippen molar-refractivity contribution < 1.29 is 22.3 Å². The maximum Gasteiger partial charge on any atom is 0.307 e. The number of hydrogen-bond donors (Lipinski definition) is 1. The molecule has 5 nitrogen and oxygen atoms in total. The number of nitrogens with one attached hydrogen (secondary N) is 1. The largest absolute Gasteiger partial charge is 0.469 e. The first-order valence-electron chi connectivity index (χ1n) is 5.30. The lowest BCUT2D eigenvalue weighted by Gasteiger charge is -2.13. The summed E-state index contributed by atoms with van der Waals surface area (Å²) in [7, 11) is -2.66. The van der Waals surface area contributed by atoms with E-state index in [4.69, 9.17) is 0 Å². The SMILES string of the molecule is COC(=O)CC(C)NS(=O)(=O)c1ccc(Br)c(F)c1. The third kappa shape index (κ3) is 4.55. The molecule has 0 aliphatic carbocycles. The van der Waals surface area contributed by atoms with Gasteiger partial charge in [0.05, 0.1) is 22.9 Å². The van der Waals surface area contributed by atoms with Gasteiger partial charge in [-0.05, 0) is 41.1 Å². The molecule has 1 N–H and O–H groups in total.